The molecule has 0 aromatic heterocycles. The van der Waals surface area contributed by atoms with Gasteiger partial charge in [-0.2, -0.15) is 0 Å². The quantitative estimate of drug-likeness (QED) is 0.0564. The van der Waals surface area contributed by atoms with Crippen LogP contribution in [0, 0.1) is 0 Å². The third-order valence-electron chi connectivity index (χ3n) is 8.03. The van der Waals surface area contributed by atoms with Gasteiger partial charge in [0.15, 0.2) is 6.29 Å². The van der Waals surface area contributed by atoms with Crippen LogP contribution in [-0.2, 0) is 14.2 Å². The van der Waals surface area contributed by atoms with Gasteiger partial charge < -0.3 is 39.7 Å². The highest BCUT2D eigenvalue weighted by Crippen LogP contribution is 2.22. The van der Waals surface area contributed by atoms with Crippen molar-refractivity contribution in [1.29, 1.82) is 0 Å². The Bertz CT molecular complexity index is 590. The molecule has 1 saturated heterocycles. The van der Waals surface area contributed by atoms with Crippen molar-refractivity contribution in [3.63, 3.8) is 0 Å². The Morgan fingerprint density at radius 2 is 1.12 bits per heavy atom. The van der Waals surface area contributed by atoms with E-state index in [0.29, 0.717) is 0 Å². The zero-order valence-corrected chi connectivity index (χ0v) is 26.1. The summed E-state index contributed by atoms with van der Waals surface area (Å²) in [5.74, 6) is 0. The lowest BCUT2D eigenvalue weighted by Crippen LogP contribution is -2.59. The lowest BCUT2D eigenvalue weighted by molar-refractivity contribution is -0.299. The molecule has 5 N–H and O–H groups in total. The van der Waals surface area contributed by atoms with Crippen molar-refractivity contribution in [2.75, 3.05) is 19.8 Å². The number of hydrogen-bond acceptors (Lipinski definition) is 8. The molecule has 1 unspecified atom stereocenters. The molecule has 8 heteroatoms. The van der Waals surface area contributed by atoms with Gasteiger partial charge in [-0.1, -0.05) is 129 Å². The first-order valence-electron chi connectivity index (χ1n) is 16.9. The first-order valence-corrected chi connectivity index (χ1v) is 16.9. The van der Waals surface area contributed by atoms with Crippen LogP contribution in [0.4, 0.5) is 0 Å². The summed E-state index contributed by atoms with van der Waals surface area (Å²) >= 11 is 0. The molecule has 0 spiro atoms. The van der Waals surface area contributed by atoms with Gasteiger partial charge in [0.05, 0.1) is 19.5 Å². The third-order valence-corrected chi connectivity index (χ3v) is 8.03. The van der Waals surface area contributed by atoms with Crippen LogP contribution in [0.25, 0.3) is 0 Å². The van der Waals surface area contributed by atoms with Crippen LogP contribution >= 0.6 is 0 Å². The maximum atomic E-state index is 10.0. The highest BCUT2D eigenvalue weighted by atomic mass is 16.7. The molecule has 0 bridgehead atoms. The van der Waals surface area contributed by atoms with E-state index in [1.165, 1.54) is 122 Å². The molecule has 0 aliphatic carbocycles. The van der Waals surface area contributed by atoms with E-state index in [4.69, 9.17) is 19.3 Å². The average molecular weight is 589 g/mol. The number of aliphatic hydroxyl groups is 5. The molecule has 1 fully saturated rings. The van der Waals surface area contributed by atoms with Gasteiger partial charge in [-0.05, 0) is 18.9 Å². The summed E-state index contributed by atoms with van der Waals surface area (Å²) < 4.78 is 15.7. The Hall–Kier alpha value is -0.740. The number of ether oxygens (including phenoxy) is 3. The van der Waals surface area contributed by atoms with Crippen molar-refractivity contribution in [2.24, 2.45) is 0 Å². The van der Waals surface area contributed by atoms with E-state index < -0.39 is 43.4 Å². The van der Waals surface area contributed by atoms with Gasteiger partial charge in [0.25, 0.3) is 0 Å². The maximum Gasteiger partial charge on any atom is 0.184 e. The minimum Gasteiger partial charge on any atom is -0.499 e. The van der Waals surface area contributed by atoms with Gasteiger partial charge in [0.1, 0.15) is 37.1 Å². The average Bonchev–Trinajstić information content (AvgIpc) is 2.97. The van der Waals surface area contributed by atoms with Gasteiger partial charge in [-0.15, -0.1) is 0 Å². The SMILES string of the molecule is CCCCCCCCCCCCCCCCCCCCCC/C=C/OCC(O)CO[C@@H]1[C@@H](O)[C@@H](O)[C@@H](CO)O[C@H]1O. The monoisotopic (exact) mass is 588 g/mol. The summed E-state index contributed by atoms with van der Waals surface area (Å²) in [4.78, 5) is 0. The summed E-state index contributed by atoms with van der Waals surface area (Å²) in [5, 5.41) is 48.9. The Morgan fingerprint density at radius 1 is 0.659 bits per heavy atom. The second-order valence-corrected chi connectivity index (χ2v) is 11.9. The predicted molar refractivity (Wildman–Crippen MR) is 163 cm³/mol. The van der Waals surface area contributed by atoms with E-state index in [-0.39, 0.29) is 13.2 Å². The lowest BCUT2D eigenvalue weighted by Gasteiger charge is -2.39. The summed E-state index contributed by atoms with van der Waals surface area (Å²) in [6.07, 6.45) is 24.4. The molecule has 0 aromatic rings. The van der Waals surface area contributed by atoms with Gasteiger partial charge >= 0.3 is 0 Å². The lowest BCUT2D eigenvalue weighted by atomic mass is 9.99. The van der Waals surface area contributed by atoms with E-state index in [1.807, 2.05) is 6.08 Å². The fraction of sp³-hybridized carbons (Fsp3) is 0.939. The zero-order chi connectivity index (χ0) is 30.0. The number of allylic oxidation sites excluding steroid dienone is 1. The fourth-order valence-corrected chi connectivity index (χ4v) is 5.34. The number of unbranched alkanes of at least 4 members (excludes halogenated alkanes) is 20. The summed E-state index contributed by atoms with van der Waals surface area (Å²) in [6.45, 7) is 1.55. The van der Waals surface area contributed by atoms with Crippen molar-refractivity contribution in [3.05, 3.63) is 12.3 Å². The second-order valence-electron chi connectivity index (χ2n) is 11.9. The van der Waals surface area contributed by atoms with E-state index in [1.54, 1.807) is 6.26 Å². The molecule has 41 heavy (non-hydrogen) atoms. The van der Waals surface area contributed by atoms with Crippen molar-refractivity contribution in [1.82, 2.24) is 0 Å². The Kier molecular flexibility index (Phi) is 25.1. The van der Waals surface area contributed by atoms with Crippen LogP contribution in [-0.4, -0.2) is 82.2 Å². The van der Waals surface area contributed by atoms with Crippen LogP contribution in [0.3, 0.4) is 0 Å². The molecule has 0 amide bonds. The van der Waals surface area contributed by atoms with Crippen LogP contribution in [0.2, 0.25) is 0 Å². The molecular weight excluding hydrogens is 524 g/mol. The van der Waals surface area contributed by atoms with Gasteiger partial charge in [0, 0.05) is 0 Å². The predicted octanol–water partition coefficient (Wildman–Crippen LogP) is 5.91. The molecule has 0 radical (unpaired) electrons. The molecule has 1 aliphatic heterocycles. The molecule has 1 heterocycles. The summed E-state index contributed by atoms with van der Waals surface area (Å²) in [5.41, 5.74) is 0. The molecule has 1 rings (SSSR count). The van der Waals surface area contributed by atoms with Crippen molar-refractivity contribution < 1.29 is 39.7 Å². The Labute approximate surface area is 250 Å². The van der Waals surface area contributed by atoms with Gasteiger partial charge in [-0.3, -0.25) is 0 Å². The van der Waals surface area contributed by atoms with Crippen molar-refractivity contribution >= 4 is 0 Å². The van der Waals surface area contributed by atoms with Crippen LogP contribution in [0.5, 0.6) is 0 Å². The fourth-order valence-electron chi connectivity index (χ4n) is 5.34. The standard InChI is InChI=1S/C33H64O8/c1-2-3-4-5-6-7-8-9-10-11-12-13-14-15-16-17-18-19-20-21-22-23-24-39-26-28(35)27-40-32-31(37)30(36)29(25-34)41-33(32)38/h23-24,28-38H,2-22,25-27H2,1H3/b24-23+/t28?,29-,30+,31+,32-,33-/m1/s1. The topological polar surface area (TPSA) is 129 Å². The normalized spacial score (nSPS) is 23.8. The van der Waals surface area contributed by atoms with E-state index in [0.717, 1.165) is 12.8 Å². The molecule has 0 aromatic carbocycles. The Balaban J connectivity index is 1.82. The molecular formula is C33H64O8. The van der Waals surface area contributed by atoms with Gasteiger partial charge in [0.2, 0.25) is 0 Å². The summed E-state index contributed by atoms with van der Waals surface area (Å²) in [6, 6.07) is 0. The van der Waals surface area contributed by atoms with Crippen LogP contribution in [0.15, 0.2) is 12.3 Å². The number of aliphatic hydroxyl groups excluding tert-OH is 5. The maximum absolute atomic E-state index is 10.0. The third kappa shape index (κ3) is 20.0. The molecule has 1 aliphatic rings. The molecule has 6 atom stereocenters. The Morgan fingerprint density at radius 3 is 1.59 bits per heavy atom. The second kappa shape index (κ2) is 26.9. The minimum atomic E-state index is -1.51. The van der Waals surface area contributed by atoms with Crippen LogP contribution in [0.1, 0.15) is 142 Å². The smallest absolute Gasteiger partial charge is 0.184 e. The molecule has 8 nitrogen and oxygen atoms in total. The molecule has 244 valence electrons. The largest absolute Gasteiger partial charge is 0.499 e. The van der Waals surface area contributed by atoms with Crippen LogP contribution < -0.4 is 0 Å². The number of hydrogen-bond donors (Lipinski definition) is 5. The molecule has 0 saturated carbocycles. The first kappa shape index (κ1) is 38.3. The van der Waals surface area contributed by atoms with Crippen molar-refractivity contribution in [2.45, 2.75) is 179 Å². The highest BCUT2D eigenvalue weighted by molar-refractivity contribution is 4.89. The minimum absolute atomic E-state index is 0.0113. The van der Waals surface area contributed by atoms with E-state index >= 15 is 0 Å². The van der Waals surface area contributed by atoms with Crippen molar-refractivity contribution in [3.8, 4) is 0 Å². The highest BCUT2D eigenvalue weighted by Gasteiger charge is 2.44. The first-order chi connectivity index (χ1) is 20.0. The summed E-state index contributed by atoms with van der Waals surface area (Å²) in [7, 11) is 0. The van der Waals surface area contributed by atoms with E-state index in [9.17, 15) is 20.4 Å². The number of rotatable bonds is 28. The van der Waals surface area contributed by atoms with Gasteiger partial charge in [-0.25, -0.2) is 0 Å². The van der Waals surface area contributed by atoms with E-state index in [2.05, 4.69) is 6.92 Å². The zero-order valence-electron chi connectivity index (χ0n) is 26.1.